The van der Waals surface area contributed by atoms with Crippen molar-refractivity contribution in [3.05, 3.63) is 53.6 Å². The van der Waals surface area contributed by atoms with E-state index in [1.165, 1.54) is 0 Å². The van der Waals surface area contributed by atoms with Gasteiger partial charge in [-0.25, -0.2) is 4.79 Å². The molecule has 4 aliphatic rings. The number of rotatable bonds is 4. The highest BCUT2D eigenvalue weighted by Gasteiger charge is 2.55. The lowest BCUT2D eigenvalue weighted by Crippen LogP contribution is -2.50. The Morgan fingerprint density at radius 3 is 2.49 bits per heavy atom. The smallest absolute Gasteiger partial charge is 0.325 e. The molecule has 1 saturated heterocycles. The molecule has 3 aliphatic heterocycles. The normalized spacial score (nSPS) is 24.1. The molecule has 2 fully saturated rings. The minimum absolute atomic E-state index is 0.302. The second kappa shape index (κ2) is 8.18. The molecule has 9 nitrogen and oxygen atoms in total. The van der Waals surface area contributed by atoms with Crippen LogP contribution >= 0.6 is 0 Å². The maximum Gasteiger partial charge on any atom is 0.325 e. The zero-order chi connectivity index (χ0) is 24.0. The highest BCUT2D eigenvalue weighted by atomic mass is 16.6. The summed E-state index contributed by atoms with van der Waals surface area (Å²) in [7, 11) is 0. The first-order chi connectivity index (χ1) is 17.0. The van der Waals surface area contributed by atoms with E-state index in [9.17, 15) is 14.4 Å². The summed E-state index contributed by atoms with van der Waals surface area (Å²) in [4.78, 5) is 40.7. The molecule has 0 aromatic heterocycles. The SMILES string of the molecule is O=C(CN1C(=O)NC2(CCOc3ccccc32)C1=O)NC1(c2ccc3c(c2)OCCO3)CCCC1. The van der Waals surface area contributed by atoms with E-state index in [1.54, 1.807) is 18.2 Å². The van der Waals surface area contributed by atoms with Gasteiger partial charge in [-0.3, -0.25) is 14.5 Å². The predicted octanol–water partition coefficient (Wildman–Crippen LogP) is 2.57. The van der Waals surface area contributed by atoms with Gasteiger partial charge in [0, 0.05) is 12.0 Å². The van der Waals surface area contributed by atoms with Gasteiger partial charge in [-0.05, 0) is 36.6 Å². The van der Waals surface area contributed by atoms with Gasteiger partial charge < -0.3 is 24.8 Å². The average molecular weight is 478 g/mol. The number of nitrogens with one attached hydrogen (secondary N) is 2. The minimum atomic E-state index is -1.20. The molecule has 2 N–H and O–H groups in total. The summed E-state index contributed by atoms with van der Waals surface area (Å²) in [6.45, 7) is 0.953. The van der Waals surface area contributed by atoms with E-state index in [0.717, 1.165) is 36.1 Å². The number of hydrogen-bond acceptors (Lipinski definition) is 6. The molecule has 0 bridgehead atoms. The van der Waals surface area contributed by atoms with Crippen LogP contribution in [0.25, 0.3) is 0 Å². The van der Waals surface area contributed by atoms with E-state index >= 15 is 0 Å². The molecule has 1 aliphatic carbocycles. The first kappa shape index (κ1) is 21.8. The van der Waals surface area contributed by atoms with Crippen LogP contribution in [0.4, 0.5) is 4.79 Å². The van der Waals surface area contributed by atoms with Gasteiger partial charge in [0.2, 0.25) is 5.91 Å². The van der Waals surface area contributed by atoms with Crippen LogP contribution < -0.4 is 24.8 Å². The zero-order valence-electron chi connectivity index (χ0n) is 19.3. The average Bonchev–Trinajstić information content (AvgIpc) is 3.44. The van der Waals surface area contributed by atoms with Crippen LogP contribution in [0.15, 0.2) is 42.5 Å². The summed E-state index contributed by atoms with van der Waals surface area (Å²) in [5.41, 5.74) is -0.210. The van der Waals surface area contributed by atoms with Gasteiger partial charge >= 0.3 is 6.03 Å². The molecule has 1 unspecified atom stereocenters. The third-order valence-electron chi connectivity index (χ3n) is 7.49. The molecule has 2 aromatic carbocycles. The lowest BCUT2D eigenvalue weighted by atomic mass is 9.84. The Morgan fingerprint density at radius 2 is 1.66 bits per heavy atom. The summed E-state index contributed by atoms with van der Waals surface area (Å²) in [5.74, 6) is 1.14. The Hall–Kier alpha value is -3.75. The van der Waals surface area contributed by atoms with Crippen molar-refractivity contribution in [1.29, 1.82) is 0 Å². The van der Waals surface area contributed by atoms with Crippen molar-refractivity contribution in [2.24, 2.45) is 0 Å². The molecule has 2 aromatic rings. The first-order valence-corrected chi connectivity index (χ1v) is 12.1. The number of imide groups is 1. The fraction of sp³-hybridized carbons (Fsp3) is 0.423. The van der Waals surface area contributed by atoms with Crippen molar-refractivity contribution in [3.8, 4) is 17.2 Å². The Bertz CT molecular complexity index is 1210. The summed E-state index contributed by atoms with van der Waals surface area (Å²) < 4.78 is 17.1. The second-order valence-electron chi connectivity index (χ2n) is 9.52. The van der Waals surface area contributed by atoms with Crippen molar-refractivity contribution in [3.63, 3.8) is 0 Å². The second-order valence-corrected chi connectivity index (χ2v) is 9.52. The van der Waals surface area contributed by atoms with Gasteiger partial charge in [0.1, 0.15) is 25.5 Å². The third kappa shape index (κ3) is 3.48. The largest absolute Gasteiger partial charge is 0.493 e. The van der Waals surface area contributed by atoms with Gasteiger partial charge in [-0.15, -0.1) is 0 Å². The van der Waals surface area contributed by atoms with Crippen LogP contribution in [0.2, 0.25) is 0 Å². The van der Waals surface area contributed by atoms with Crippen LogP contribution in [0.5, 0.6) is 17.2 Å². The highest BCUT2D eigenvalue weighted by molar-refractivity contribution is 6.09. The van der Waals surface area contributed by atoms with Crippen LogP contribution in [0.1, 0.15) is 43.2 Å². The fourth-order valence-electron chi connectivity index (χ4n) is 5.77. The van der Waals surface area contributed by atoms with Crippen molar-refractivity contribution in [2.45, 2.75) is 43.2 Å². The van der Waals surface area contributed by atoms with Crippen molar-refractivity contribution in [1.82, 2.24) is 15.5 Å². The molecule has 4 amide bonds. The van der Waals surface area contributed by atoms with Crippen LogP contribution in [-0.4, -0.2) is 49.1 Å². The lowest BCUT2D eigenvalue weighted by Gasteiger charge is -2.34. The van der Waals surface area contributed by atoms with E-state index in [-0.39, 0.29) is 12.5 Å². The molecule has 35 heavy (non-hydrogen) atoms. The van der Waals surface area contributed by atoms with Crippen molar-refractivity contribution in [2.75, 3.05) is 26.4 Å². The minimum Gasteiger partial charge on any atom is -0.493 e. The number of hydrogen-bond donors (Lipinski definition) is 2. The Kier molecular flexibility index (Phi) is 5.09. The van der Waals surface area contributed by atoms with E-state index in [1.807, 2.05) is 24.3 Å². The van der Waals surface area contributed by atoms with Crippen LogP contribution in [0, 0.1) is 0 Å². The number of nitrogens with zero attached hydrogens (tertiary/aromatic N) is 1. The summed E-state index contributed by atoms with van der Waals surface area (Å²) in [5, 5.41) is 6.01. The molecule has 0 radical (unpaired) electrons. The van der Waals surface area contributed by atoms with Gasteiger partial charge in [0.25, 0.3) is 5.91 Å². The Balaban J connectivity index is 1.23. The maximum atomic E-state index is 13.5. The van der Waals surface area contributed by atoms with Gasteiger partial charge in [0.15, 0.2) is 17.0 Å². The number of benzene rings is 2. The first-order valence-electron chi connectivity index (χ1n) is 12.1. The molecular weight excluding hydrogens is 450 g/mol. The molecule has 9 heteroatoms. The number of fused-ring (bicyclic) bond motifs is 3. The molecule has 3 heterocycles. The quantitative estimate of drug-likeness (QED) is 0.656. The number of para-hydroxylation sites is 1. The molecule has 6 rings (SSSR count). The fourth-order valence-corrected chi connectivity index (χ4v) is 5.77. The van der Waals surface area contributed by atoms with Crippen molar-refractivity contribution >= 4 is 17.8 Å². The van der Waals surface area contributed by atoms with Crippen LogP contribution in [0.3, 0.4) is 0 Å². The van der Waals surface area contributed by atoms with E-state index in [4.69, 9.17) is 14.2 Å². The van der Waals surface area contributed by atoms with E-state index in [0.29, 0.717) is 49.1 Å². The van der Waals surface area contributed by atoms with E-state index < -0.39 is 23.0 Å². The molecular formula is C26H27N3O6. The van der Waals surface area contributed by atoms with Gasteiger partial charge in [-0.2, -0.15) is 0 Å². The summed E-state index contributed by atoms with van der Waals surface area (Å²) in [6, 6.07) is 12.4. The Labute approximate surface area is 202 Å². The van der Waals surface area contributed by atoms with Gasteiger partial charge in [-0.1, -0.05) is 37.1 Å². The highest BCUT2D eigenvalue weighted by Crippen LogP contribution is 2.43. The van der Waals surface area contributed by atoms with Crippen molar-refractivity contribution < 1.29 is 28.6 Å². The molecule has 182 valence electrons. The number of ether oxygens (including phenoxy) is 3. The number of amides is 4. The monoisotopic (exact) mass is 477 g/mol. The number of carbonyl (C=O) groups excluding carboxylic acids is 3. The maximum absolute atomic E-state index is 13.5. The molecule has 1 spiro atoms. The topological polar surface area (TPSA) is 106 Å². The summed E-state index contributed by atoms with van der Waals surface area (Å²) >= 11 is 0. The molecule has 1 saturated carbocycles. The number of urea groups is 1. The Morgan fingerprint density at radius 1 is 0.914 bits per heavy atom. The lowest BCUT2D eigenvalue weighted by molar-refractivity contribution is -0.136. The molecule has 1 atom stereocenters. The third-order valence-corrected chi connectivity index (χ3v) is 7.49. The van der Waals surface area contributed by atoms with Crippen LogP contribution in [-0.2, 0) is 20.7 Å². The zero-order valence-corrected chi connectivity index (χ0v) is 19.3. The van der Waals surface area contributed by atoms with E-state index in [2.05, 4.69) is 10.6 Å². The predicted molar refractivity (Wildman–Crippen MR) is 124 cm³/mol. The summed E-state index contributed by atoms with van der Waals surface area (Å²) in [6.07, 6.45) is 3.80. The number of carbonyl (C=O) groups is 3. The standard InChI is InChI=1S/C26H27N3O6/c30-22(27-25(9-3-4-10-25)17-7-8-20-21(15-17)35-14-13-34-20)16-29-23(31)26(28-24(29)32)11-12-33-19-6-2-1-5-18(19)26/h1-2,5-8,15H,3-4,9-14,16H2,(H,27,30)(H,28,32). The van der Waals surface area contributed by atoms with Gasteiger partial charge in [0.05, 0.1) is 12.1 Å².